The van der Waals surface area contributed by atoms with E-state index in [1.165, 1.54) is 18.9 Å². The molecule has 0 aliphatic heterocycles. The van der Waals surface area contributed by atoms with Crippen LogP contribution >= 0.6 is 11.8 Å². The molecule has 0 rings (SSSR count). The minimum Gasteiger partial charge on any atom is -0.480 e. The number of urea groups is 1. The van der Waals surface area contributed by atoms with Gasteiger partial charge >= 0.3 is 18.0 Å². The van der Waals surface area contributed by atoms with E-state index in [9.17, 15) is 14.4 Å². The molecule has 7 nitrogen and oxygen atoms in total. The predicted octanol–water partition coefficient (Wildman–Crippen LogP) is 0.689. The number of carboxylic acids is 1. The van der Waals surface area contributed by atoms with Gasteiger partial charge in [0.1, 0.15) is 12.1 Å². The average molecular weight is 306 g/mol. The molecule has 116 valence electrons. The minimum absolute atomic E-state index is 0.164. The van der Waals surface area contributed by atoms with Gasteiger partial charge in [0, 0.05) is 0 Å². The molecule has 1 unspecified atom stereocenters. The van der Waals surface area contributed by atoms with Crippen LogP contribution in [-0.4, -0.2) is 54.3 Å². The van der Waals surface area contributed by atoms with Crippen molar-refractivity contribution in [1.29, 1.82) is 0 Å². The second-order valence-corrected chi connectivity index (χ2v) is 5.52. The summed E-state index contributed by atoms with van der Waals surface area (Å²) < 4.78 is 4.59. The number of ether oxygens (including phenoxy) is 1. The van der Waals surface area contributed by atoms with Crippen molar-refractivity contribution in [3.05, 3.63) is 0 Å². The fraction of sp³-hybridized carbons (Fsp3) is 0.750. The zero-order chi connectivity index (χ0) is 15.7. The third kappa shape index (κ3) is 6.65. The zero-order valence-electron chi connectivity index (χ0n) is 12.1. The van der Waals surface area contributed by atoms with Crippen LogP contribution in [0, 0.1) is 5.92 Å². The molecule has 0 aromatic rings. The summed E-state index contributed by atoms with van der Waals surface area (Å²) in [6.07, 6.45) is 2.17. The normalized spacial score (nSPS) is 13.4. The van der Waals surface area contributed by atoms with Gasteiger partial charge in [0.25, 0.3) is 0 Å². The highest BCUT2D eigenvalue weighted by Gasteiger charge is 2.27. The zero-order valence-corrected chi connectivity index (χ0v) is 13.0. The fourth-order valence-corrected chi connectivity index (χ4v) is 1.93. The van der Waals surface area contributed by atoms with Crippen molar-refractivity contribution < 1.29 is 24.2 Å². The number of carbonyl (C=O) groups is 3. The third-order valence-corrected chi connectivity index (χ3v) is 3.27. The van der Waals surface area contributed by atoms with E-state index in [-0.39, 0.29) is 5.92 Å². The van der Waals surface area contributed by atoms with Crippen LogP contribution in [0.5, 0.6) is 0 Å². The molecule has 0 aromatic heterocycles. The first-order chi connectivity index (χ1) is 9.33. The van der Waals surface area contributed by atoms with E-state index in [4.69, 9.17) is 5.11 Å². The van der Waals surface area contributed by atoms with E-state index in [0.717, 1.165) is 0 Å². The summed E-state index contributed by atoms with van der Waals surface area (Å²) >= 11 is 1.49. The molecule has 0 saturated carbocycles. The maximum Gasteiger partial charge on any atom is 0.328 e. The van der Waals surface area contributed by atoms with E-state index in [0.29, 0.717) is 12.2 Å². The molecule has 2 atom stereocenters. The molecule has 0 radical (unpaired) electrons. The summed E-state index contributed by atoms with van der Waals surface area (Å²) in [5.41, 5.74) is 0. The lowest BCUT2D eigenvalue weighted by atomic mass is 10.1. The van der Waals surface area contributed by atoms with Gasteiger partial charge in [-0.25, -0.2) is 14.4 Å². The fourth-order valence-electron chi connectivity index (χ4n) is 1.46. The number of hydrogen-bond acceptors (Lipinski definition) is 5. The molecule has 0 saturated heterocycles. The Morgan fingerprint density at radius 2 is 1.85 bits per heavy atom. The van der Waals surface area contributed by atoms with Gasteiger partial charge in [0.2, 0.25) is 0 Å². The number of thioether (sulfide) groups is 1. The van der Waals surface area contributed by atoms with Crippen molar-refractivity contribution in [3.63, 3.8) is 0 Å². The number of carboxylic acid groups (broad SMARTS) is 1. The smallest absolute Gasteiger partial charge is 0.328 e. The third-order valence-electron chi connectivity index (χ3n) is 2.62. The van der Waals surface area contributed by atoms with Crippen molar-refractivity contribution >= 4 is 29.7 Å². The molecule has 0 bridgehead atoms. The van der Waals surface area contributed by atoms with Crippen LogP contribution in [0.25, 0.3) is 0 Å². The van der Waals surface area contributed by atoms with E-state index < -0.39 is 30.1 Å². The molecule has 8 heteroatoms. The van der Waals surface area contributed by atoms with Crippen molar-refractivity contribution in [1.82, 2.24) is 10.6 Å². The van der Waals surface area contributed by atoms with Crippen LogP contribution in [0.1, 0.15) is 20.3 Å². The number of carbonyl (C=O) groups excluding carboxylic acids is 2. The van der Waals surface area contributed by atoms with Crippen LogP contribution in [-0.2, 0) is 14.3 Å². The van der Waals surface area contributed by atoms with Crippen LogP contribution in [0.2, 0.25) is 0 Å². The molecule has 3 N–H and O–H groups in total. The Morgan fingerprint density at radius 1 is 1.25 bits per heavy atom. The lowest BCUT2D eigenvalue weighted by molar-refractivity contribution is -0.144. The number of methoxy groups -OCH3 is 1. The highest BCUT2D eigenvalue weighted by Crippen LogP contribution is 2.04. The first-order valence-electron chi connectivity index (χ1n) is 6.20. The van der Waals surface area contributed by atoms with Gasteiger partial charge in [-0.15, -0.1) is 0 Å². The lowest BCUT2D eigenvalue weighted by Crippen LogP contribution is -2.53. The Morgan fingerprint density at radius 3 is 2.25 bits per heavy atom. The van der Waals surface area contributed by atoms with Crippen molar-refractivity contribution in [3.8, 4) is 0 Å². The van der Waals surface area contributed by atoms with Gasteiger partial charge in [-0.1, -0.05) is 13.8 Å². The molecule has 2 amide bonds. The number of hydrogen-bond donors (Lipinski definition) is 3. The first kappa shape index (κ1) is 18.6. The summed E-state index contributed by atoms with van der Waals surface area (Å²) in [7, 11) is 1.23. The first-order valence-corrected chi connectivity index (χ1v) is 7.59. The van der Waals surface area contributed by atoms with Gasteiger partial charge < -0.3 is 20.5 Å². The van der Waals surface area contributed by atoms with Crippen molar-refractivity contribution in [2.75, 3.05) is 19.1 Å². The molecular weight excluding hydrogens is 284 g/mol. The molecule has 0 aliphatic rings. The standard InChI is InChI=1S/C12H22N2O5S/c1-7(2)9(11(17)19-3)14-12(18)13-8(10(15)16)5-6-20-4/h7-9H,5-6H2,1-4H3,(H,15,16)(H2,13,14,18)/t8-,9?/m1/s1. The lowest BCUT2D eigenvalue weighted by Gasteiger charge is -2.21. The molecule has 0 heterocycles. The van der Waals surface area contributed by atoms with Gasteiger partial charge in [-0.2, -0.15) is 11.8 Å². The molecule has 0 spiro atoms. The highest BCUT2D eigenvalue weighted by atomic mass is 32.2. The van der Waals surface area contributed by atoms with Crippen LogP contribution < -0.4 is 10.6 Å². The van der Waals surface area contributed by atoms with E-state index in [1.807, 2.05) is 6.26 Å². The number of amides is 2. The van der Waals surface area contributed by atoms with Gasteiger partial charge in [0.15, 0.2) is 0 Å². The molecular formula is C12H22N2O5S. The Hall–Kier alpha value is -1.44. The molecule has 0 aromatic carbocycles. The average Bonchev–Trinajstić information content (AvgIpc) is 2.39. The Labute approximate surface area is 122 Å². The largest absolute Gasteiger partial charge is 0.480 e. The monoisotopic (exact) mass is 306 g/mol. The van der Waals surface area contributed by atoms with Crippen molar-refractivity contribution in [2.45, 2.75) is 32.4 Å². The number of esters is 1. The summed E-state index contributed by atoms with van der Waals surface area (Å²) in [6.45, 7) is 3.51. The van der Waals surface area contributed by atoms with Crippen LogP contribution in [0.15, 0.2) is 0 Å². The number of aliphatic carboxylic acids is 1. The second-order valence-electron chi connectivity index (χ2n) is 4.53. The Bertz CT molecular complexity index is 349. The van der Waals surface area contributed by atoms with E-state index >= 15 is 0 Å². The van der Waals surface area contributed by atoms with Gasteiger partial charge in [-0.05, 0) is 24.3 Å². The predicted molar refractivity (Wildman–Crippen MR) is 76.7 cm³/mol. The molecule has 20 heavy (non-hydrogen) atoms. The van der Waals surface area contributed by atoms with Crippen molar-refractivity contribution in [2.24, 2.45) is 5.92 Å². The van der Waals surface area contributed by atoms with E-state index in [2.05, 4.69) is 15.4 Å². The minimum atomic E-state index is -1.10. The maximum atomic E-state index is 11.8. The summed E-state index contributed by atoms with van der Waals surface area (Å²) in [6, 6.07) is -2.48. The molecule has 0 aliphatic carbocycles. The van der Waals surface area contributed by atoms with E-state index in [1.54, 1.807) is 13.8 Å². The highest BCUT2D eigenvalue weighted by molar-refractivity contribution is 7.98. The van der Waals surface area contributed by atoms with Gasteiger partial charge in [-0.3, -0.25) is 0 Å². The second kappa shape index (κ2) is 9.46. The summed E-state index contributed by atoms with van der Waals surface area (Å²) in [5, 5.41) is 13.8. The maximum absolute atomic E-state index is 11.8. The topological polar surface area (TPSA) is 105 Å². The Kier molecular flexibility index (Phi) is 8.78. The number of rotatable bonds is 8. The quantitative estimate of drug-likeness (QED) is 0.570. The summed E-state index contributed by atoms with van der Waals surface area (Å²) in [5.74, 6) is -1.22. The SMILES string of the molecule is COC(=O)C(NC(=O)N[C@H](CCSC)C(=O)O)C(C)C. The number of nitrogens with one attached hydrogen (secondary N) is 2. The van der Waals surface area contributed by atoms with Crippen LogP contribution in [0.3, 0.4) is 0 Å². The Balaban J connectivity index is 4.56. The van der Waals surface area contributed by atoms with Crippen LogP contribution in [0.4, 0.5) is 4.79 Å². The summed E-state index contributed by atoms with van der Waals surface area (Å²) in [4.78, 5) is 34.3. The van der Waals surface area contributed by atoms with Gasteiger partial charge in [0.05, 0.1) is 7.11 Å². The molecule has 0 fully saturated rings.